The van der Waals surface area contributed by atoms with Crippen molar-refractivity contribution in [2.75, 3.05) is 33.8 Å². The minimum Gasteiger partial charge on any atom is -0.497 e. The summed E-state index contributed by atoms with van der Waals surface area (Å²) in [4.78, 5) is 26.4. The zero-order valence-corrected chi connectivity index (χ0v) is 20.4. The molecular weight excluding hydrogens is 452 g/mol. The van der Waals surface area contributed by atoms with Crippen LogP contribution in [0.1, 0.15) is 22.0 Å². The van der Waals surface area contributed by atoms with E-state index in [9.17, 15) is 4.79 Å². The van der Waals surface area contributed by atoms with Gasteiger partial charge in [-0.15, -0.1) is 0 Å². The summed E-state index contributed by atoms with van der Waals surface area (Å²) >= 11 is 0. The van der Waals surface area contributed by atoms with Gasteiger partial charge in [0.1, 0.15) is 11.5 Å². The number of rotatable bonds is 6. The van der Waals surface area contributed by atoms with Crippen molar-refractivity contribution in [3.8, 4) is 28.6 Å². The Balaban J connectivity index is 1.28. The molecule has 0 saturated carbocycles. The van der Waals surface area contributed by atoms with Crippen LogP contribution in [-0.4, -0.2) is 59.5 Å². The normalized spacial score (nSPS) is 15.9. The lowest BCUT2D eigenvalue weighted by atomic mass is 10.0. The molecule has 0 N–H and O–H groups in total. The minimum atomic E-state index is 0.0313. The topological polar surface area (TPSA) is 67.8 Å². The number of carbonyl (C=O) groups is 1. The lowest BCUT2D eigenvalue weighted by molar-refractivity contribution is 0.0498. The van der Waals surface area contributed by atoms with Gasteiger partial charge in [0.25, 0.3) is 5.91 Å². The van der Waals surface area contributed by atoms with Crippen LogP contribution < -0.4 is 9.47 Å². The van der Waals surface area contributed by atoms with Crippen LogP contribution in [-0.2, 0) is 0 Å². The molecule has 0 unspecified atom stereocenters. The van der Waals surface area contributed by atoms with Gasteiger partial charge in [0, 0.05) is 43.2 Å². The number of piperazine rings is 1. The van der Waals surface area contributed by atoms with Gasteiger partial charge in [0.15, 0.2) is 0 Å². The number of carbonyl (C=O) groups excluding carboxylic acids is 1. The first-order chi connectivity index (χ1) is 17.6. The van der Waals surface area contributed by atoms with Gasteiger partial charge in [0.05, 0.1) is 13.2 Å². The van der Waals surface area contributed by atoms with Crippen LogP contribution in [0.4, 0.5) is 0 Å². The molecular formula is C29H28N4O3. The number of aromatic nitrogens is 2. The van der Waals surface area contributed by atoms with E-state index in [1.807, 2.05) is 59.5 Å². The molecule has 1 amide bonds. The molecule has 0 bridgehead atoms. The van der Waals surface area contributed by atoms with Crippen molar-refractivity contribution in [3.05, 3.63) is 102 Å². The first-order valence-electron chi connectivity index (χ1n) is 11.9. The molecule has 1 aromatic heterocycles. The second-order valence-corrected chi connectivity index (χ2v) is 8.80. The molecule has 1 atom stereocenters. The molecule has 1 fully saturated rings. The van der Waals surface area contributed by atoms with Crippen LogP contribution in [0.25, 0.3) is 11.1 Å². The lowest BCUT2D eigenvalue weighted by Crippen LogP contribution is -2.49. The lowest BCUT2D eigenvalue weighted by Gasteiger charge is -2.40. The number of hydrogen-bond acceptors (Lipinski definition) is 6. The number of likely N-dealkylation sites (N-methyl/N-ethyl adjacent to an activating group) is 1. The van der Waals surface area contributed by atoms with Crippen molar-refractivity contribution in [1.82, 2.24) is 19.8 Å². The third kappa shape index (κ3) is 5.21. The maximum absolute atomic E-state index is 13.5. The fraction of sp³-hybridized carbons (Fsp3) is 0.207. The maximum Gasteiger partial charge on any atom is 0.321 e. The highest BCUT2D eigenvalue weighted by molar-refractivity contribution is 5.95. The fourth-order valence-electron chi connectivity index (χ4n) is 4.36. The second-order valence-electron chi connectivity index (χ2n) is 8.80. The Morgan fingerprint density at radius 2 is 1.50 bits per heavy atom. The monoisotopic (exact) mass is 480 g/mol. The highest BCUT2D eigenvalue weighted by atomic mass is 16.5. The van der Waals surface area contributed by atoms with Gasteiger partial charge in [-0.2, -0.15) is 0 Å². The fourth-order valence-corrected chi connectivity index (χ4v) is 4.36. The zero-order valence-electron chi connectivity index (χ0n) is 20.4. The Morgan fingerprint density at radius 3 is 2.17 bits per heavy atom. The van der Waals surface area contributed by atoms with E-state index in [1.54, 1.807) is 31.6 Å². The van der Waals surface area contributed by atoms with Crippen molar-refractivity contribution in [2.24, 2.45) is 0 Å². The van der Waals surface area contributed by atoms with Crippen molar-refractivity contribution in [2.45, 2.75) is 6.04 Å². The molecule has 1 aliphatic rings. The van der Waals surface area contributed by atoms with Gasteiger partial charge >= 0.3 is 6.01 Å². The van der Waals surface area contributed by atoms with E-state index in [1.165, 1.54) is 0 Å². The molecule has 7 heteroatoms. The van der Waals surface area contributed by atoms with Crippen LogP contribution in [0.5, 0.6) is 17.5 Å². The zero-order chi connectivity index (χ0) is 24.9. The molecule has 7 nitrogen and oxygen atoms in total. The third-order valence-electron chi connectivity index (χ3n) is 6.39. The SMILES string of the molecule is COc1ccc(Oc2ncc(-c3ccc(C(=O)N4CCN(C)C[C@H]4c4ccccc4)cc3)cn2)cc1. The van der Waals surface area contributed by atoms with E-state index in [0.717, 1.165) is 35.5 Å². The van der Waals surface area contributed by atoms with Gasteiger partial charge in [-0.3, -0.25) is 4.79 Å². The van der Waals surface area contributed by atoms with Crippen molar-refractivity contribution in [3.63, 3.8) is 0 Å². The van der Waals surface area contributed by atoms with Crippen LogP contribution in [0.3, 0.4) is 0 Å². The summed E-state index contributed by atoms with van der Waals surface area (Å²) < 4.78 is 10.9. The van der Waals surface area contributed by atoms with Gasteiger partial charge in [0.2, 0.25) is 0 Å². The maximum atomic E-state index is 13.5. The highest BCUT2D eigenvalue weighted by Gasteiger charge is 2.30. The molecule has 0 aliphatic carbocycles. The summed E-state index contributed by atoms with van der Waals surface area (Å²) in [5, 5.41) is 0. The molecule has 182 valence electrons. The molecule has 2 heterocycles. The Bertz CT molecular complexity index is 1290. The molecule has 4 aromatic rings. The third-order valence-corrected chi connectivity index (χ3v) is 6.39. The summed E-state index contributed by atoms with van der Waals surface area (Å²) in [6, 6.07) is 25.4. The summed E-state index contributed by atoms with van der Waals surface area (Å²) in [6.45, 7) is 2.37. The molecule has 3 aromatic carbocycles. The first-order valence-corrected chi connectivity index (χ1v) is 11.9. The van der Waals surface area contributed by atoms with Crippen molar-refractivity contribution >= 4 is 5.91 Å². The number of amides is 1. The summed E-state index contributed by atoms with van der Waals surface area (Å²) in [5.41, 5.74) is 3.60. The van der Waals surface area contributed by atoms with Gasteiger partial charge in [-0.1, -0.05) is 42.5 Å². The predicted octanol–water partition coefficient (Wildman–Crippen LogP) is 5.07. The van der Waals surface area contributed by atoms with Crippen molar-refractivity contribution in [1.29, 1.82) is 0 Å². The average molecular weight is 481 g/mol. The van der Waals surface area contributed by atoms with E-state index in [-0.39, 0.29) is 18.0 Å². The standard InChI is InChI=1S/C29H28N4O3/c1-32-16-17-33(27(20-32)22-6-4-3-5-7-22)28(34)23-10-8-21(9-11-23)24-18-30-29(31-19-24)36-26-14-12-25(35-2)13-15-26/h3-15,18-19,27H,16-17,20H2,1-2H3/t27-/m0/s1. The van der Waals surface area contributed by atoms with Crippen LogP contribution in [0.15, 0.2) is 91.3 Å². The smallest absolute Gasteiger partial charge is 0.321 e. The highest BCUT2D eigenvalue weighted by Crippen LogP contribution is 2.28. The Hall–Kier alpha value is -4.23. The number of methoxy groups -OCH3 is 1. The van der Waals surface area contributed by atoms with E-state index in [4.69, 9.17) is 9.47 Å². The molecule has 1 saturated heterocycles. The Labute approximate surface area is 210 Å². The van der Waals surface area contributed by atoms with E-state index >= 15 is 0 Å². The van der Waals surface area contributed by atoms with Crippen LogP contribution >= 0.6 is 0 Å². The molecule has 1 aliphatic heterocycles. The number of hydrogen-bond donors (Lipinski definition) is 0. The predicted molar refractivity (Wildman–Crippen MR) is 138 cm³/mol. The van der Waals surface area contributed by atoms with Gasteiger partial charge in [-0.05, 0) is 54.6 Å². The minimum absolute atomic E-state index is 0.0313. The van der Waals surface area contributed by atoms with Crippen LogP contribution in [0.2, 0.25) is 0 Å². The molecule has 0 radical (unpaired) electrons. The summed E-state index contributed by atoms with van der Waals surface area (Å²) in [6.07, 6.45) is 3.43. The first kappa shape index (κ1) is 23.5. The number of ether oxygens (including phenoxy) is 2. The van der Waals surface area contributed by atoms with E-state index in [0.29, 0.717) is 17.9 Å². The van der Waals surface area contributed by atoms with Gasteiger partial charge in [-0.25, -0.2) is 9.97 Å². The summed E-state index contributed by atoms with van der Waals surface area (Å²) in [5.74, 6) is 1.43. The quantitative estimate of drug-likeness (QED) is 0.384. The second kappa shape index (κ2) is 10.6. The van der Waals surface area contributed by atoms with E-state index in [2.05, 4.69) is 34.0 Å². The Kier molecular flexibility index (Phi) is 6.91. The van der Waals surface area contributed by atoms with E-state index < -0.39 is 0 Å². The molecule has 5 rings (SSSR count). The Morgan fingerprint density at radius 1 is 0.833 bits per heavy atom. The molecule has 0 spiro atoms. The average Bonchev–Trinajstić information content (AvgIpc) is 2.94. The molecule has 36 heavy (non-hydrogen) atoms. The van der Waals surface area contributed by atoms with Crippen LogP contribution in [0, 0.1) is 0 Å². The van der Waals surface area contributed by atoms with Gasteiger partial charge < -0.3 is 19.3 Å². The number of benzene rings is 3. The summed E-state index contributed by atoms with van der Waals surface area (Å²) in [7, 11) is 3.72. The number of nitrogens with zero attached hydrogens (tertiary/aromatic N) is 4. The largest absolute Gasteiger partial charge is 0.497 e. The van der Waals surface area contributed by atoms with Crippen molar-refractivity contribution < 1.29 is 14.3 Å².